The van der Waals surface area contributed by atoms with Crippen molar-refractivity contribution in [3.05, 3.63) is 48.0 Å². The van der Waals surface area contributed by atoms with E-state index in [1.165, 1.54) is 15.4 Å². The molecule has 1 amide bonds. The van der Waals surface area contributed by atoms with Crippen LogP contribution in [0.3, 0.4) is 0 Å². The number of hydrogen-bond donors (Lipinski definition) is 3. The maximum absolute atomic E-state index is 12.3. The van der Waals surface area contributed by atoms with Crippen molar-refractivity contribution >= 4 is 5.91 Å². The number of rotatable bonds is 9. The lowest BCUT2D eigenvalue weighted by atomic mass is 10.1. The second-order valence-corrected chi connectivity index (χ2v) is 7.89. The van der Waals surface area contributed by atoms with Crippen LogP contribution in [0.5, 0.6) is 23.0 Å². The molecule has 0 unspecified atom stereocenters. The van der Waals surface area contributed by atoms with Crippen molar-refractivity contribution in [3.8, 4) is 23.0 Å². The van der Waals surface area contributed by atoms with Gasteiger partial charge in [0, 0.05) is 5.56 Å². The lowest BCUT2D eigenvalue weighted by molar-refractivity contribution is -1.02. The largest absolute Gasteiger partial charge is 0.493 e. The number of benzene rings is 2. The first-order valence-electron chi connectivity index (χ1n) is 10.8. The van der Waals surface area contributed by atoms with Gasteiger partial charge in [0.15, 0.2) is 29.5 Å². The second-order valence-electron chi connectivity index (χ2n) is 7.89. The maximum atomic E-state index is 12.3. The number of piperazine rings is 1. The van der Waals surface area contributed by atoms with Gasteiger partial charge in [-0.25, -0.2) is 0 Å². The Morgan fingerprint density at radius 3 is 2.55 bits per heavy atom. The second kappa shape index (κ2) is 10.4. The van der Waals surface area contributed by atoms with Crippen molar-refractivity contribution in [2.45, 2.75) is 6.54 Å². The number of amides is 1. The van der Waals surface area contributed by atoms with E-state index in [4.69, 9.17) is 18.9 Å². The summed E-state index contributed by atoms with van der Waals surface area (Å²) in [6, 6.07) is 13.7. The molecule has 2 aliphatic rings. The van der Waals surface area contributed by atoms with E-state index in [0.29, 0.717) is 38.0 Å². The molecule has 1 saturated heterocycles. The van der Waals surface area contributed by atoms with Gasteiger partial charge in [-0.3, -0.25) is 4.79 Å². The molecule has 31 heavy (non-hydrogen) atoms. The lowest BCUT2D eigenvalue weighted by Gasteiger charge is -2.29. The van der Waals surface area contributed by atoms with Crippen LogP contribution < -0.4 is 34.1 Å². The van der Waals surface area contributed by atoms with Crippen molar-refractivity contribution in [2.24, 2.45) is 0 Å². The monoisotopic (exact) mass is 429 g/mol. The minimum Gasteiger partial charge on any atom is -0.493 e. The molecule has 0 bridgehead atoms. The van der Waals surface area contributed by atoms with Gasteiger partial charge in [-0.05, 0) is 30.3 Å². The van der Waals surface area contributed by atoms with Gasteiger partial charge in [0.2, 0.25) is 6.79 Å². The number of fused-ring (bicyclic) bond motifs is 1. The summed E-state index contributed by atoms with van der Waals surface area (Å²) in [5.41, 5.74) is 1.26. The van der Waals surface area contributed by atoms with Crippen LogP contribution in [0.4, 0.5) is 0 Å². The summed E-state index contributed by atoms with van der Waals surface area (Å²) >= 11 is 0. The lowest BCUT2D eigenvalue weighted by Crippen LogP contribution is -3.28. The summed E-state index contributed by atoms with van der Waals surface area (Å²) in [5.74, 6) is 3.11. The number of carbonyl (C=O) groups is 1. The molecule has 0 aliphatic carbocycles. The normalized spacial score (nSPS) is 19.6. The average Bonchev–Trinajstić information content (AvgIpc) is 3.26. The molecule has 8 nitrogen and oxygen atoms in total. The Labute approximate surface area is 182 Å². The fraction of sp³-hybridized carbons (Fsp3) is 0.435. The van der Waals surface area contributed by atoms with Crippen LogP contribution in [-0.2, 0) is 11.3 Å². The van der Waals surface area contributed by atoms with Gasteiger partial charge in [0.25, 0.3) is 5.91 Å². The summed E-state index contributed by atoms with van der Waals surface area (Å²) in [6.45, 7) is 6.75. The molecule has 166 valence electrons. The van der Waals surface area contributed by atoms with Gasteiger partial charge < -0.3 is 34.1 Å². The van der Waals surface area contributed by atoms with E-state index in [1.807, 2.05) is 30.3 Å². The molecule has 2 heterocycles. The van der Waals surface area contributed by atoms with Crippen LogP contribution in [0.15, 0.2) is 42.5 Å². The fourth-order valence-corrected chi connectivity index (χ4v) is 4.03. The van der Waals surface area contributed by atoms with Crippen molar-refractivity contribution in [1.82, 2.24) is 5.32 Å². The summed E-state index contributed by atoms with van der Waals surface area (Å²) < 4.78 is 21.8. The first-order chi connectivity index (χ1) is 15.2. The minimum absolute atomic E-state index is 0.0675. The Bertz CT molecular complexity index is 883. The topological polar surface area (TPSA) is 74.9 Å². The van der Waals surface area contributed by atoms with Gasteiger partial charge in [-0.15, -0.1) is 0 Å². The van der Waals surface area contributed by atoms with Crippen molar-refractivity contribution in [2.75, 3.05) is 59.8 Å². The molecule has 3 N–H and O–H groups in total. The van der Waals surface area contributed by atoms with Crippen LogP contribution in [0, 0.1) is 0 Å². The fourth-order valence-electron chi connectivity index (χ4n) is 4.03. The van der Waals surface area contributed by atoms with Crippen LogP contribution >= 0.6 is 0 Å². The molecule has 2 aromatic rings. The Balaban J connectivity index is 1.12. The number of ether oxygens (including phenoxy) is 4. The molecule has 0 saturated carbocycles. The predicted octanol–water partition coefficient (Wildman–Crippen LogP) is -1.10. The molecular weight excluding hydrogens is 398 g/mol. The third-order valence-corrected chi connectivity index (χ3v) is 5.72. The van der Waals surface area contributed by atoms with E-state index in [0.717, 1.165) is 44.2 Å². The van der Waals surface area contributed by atoms with E-state index in [2.05, 4.69) is 17.4 Å². The van der Waals surface area contributed by atoms with Gasteiger partial charge in [-0.1, -0.05) is 12.1 Å². The highest BCUT2D eigenvalue weighted by Crippen LogP contribution is 2.32. The average molecular weight is 430 g/mol. The predicted molar refractivity (Wildman–Crippen MR) is 114 cm³/mol. The van der Waals surface area contributed by atoms with Gasteiger partial charge >= 0.3 is 0 Å². The van der Waals surface area contributed by atoms with E-state index < -0.39 is 0 Å². The molecule has 4 rings (SSSR count). The minimum atomic E-state index is 0.0675. The van der Waals surface area contributed by atoms with E-state index in [9.17, 15) is 4.79 Å². The zero-order valence-corrected chi connectivity index (χ0v) is 17.9. The summed E-state index contributed by atoms with van der Waals surface area (Å²) in [4.78, 5) is 15.1. The molecule has 0 spiro atoms. The highest BCUT2D eigenvalue weighted by atomic mass is 16.7. The molecule has 1 fully saturated rings. The number of methoxy groups -OCH3 is 1. The van der Waals surface area contributed by atoms with Gasteiger partial charge in [0.1, 0.15) is 39.3 Å². The number of hydrogen-bond acceptors (Lipinski definition) is 5. The Morgan fingerprint density at radius 2 is 1.74 bits per heavy atom. The molecular formula is C23H31N3O5+2. The van der Waals surface area contributed by atoms with E-state index >= 15 is 0 Å². The number of carbonyl (C=O) groups excluding carboxylic acids is 1. The Morgan fingerprint density at radius 1 is 1.00 bits per heavy atom. The molecule has 8 heteroatoms. The first-order valence-corrected chi connectivity index (χ1v) is 10.8. The Kier molecular flexibility index (Phi) is 7.11. The maximum Gasteiger partial charge on any atom is 0.275 e. The SMILES string of the molecule is COc1ccccc1OCCNC(=O)C[NH+]1CC[NH+](Cc2ccc3c(c2)OCO3)CC1. The molecule has 0 aromatic heterocycles. The van der Waals surface area contributed by atoms with E-state index in [1.54, 1.807) is 7.11 Å². The van der Waals surface area contributed by atoms with Crippen LogP contribution in [-0.4, -0.2) is 65.7 Å². The highest BCUT2D eigenvalue weighted by Gasteiger charge is 2.25. The zero-order chi connectivity index (χ0) is 21.5. The van der Waals surface area contributed by atoms with Crippen molar-refractivity contribution < 1.29 is 33.5 Å². The summed E-state index contributed by atoms with van der Waals surface area (Å²) in [7, 11) is 1.61. The molecule has 2 aliphatic heterocycles. The van der Waals surface area contributed by atoms with Crippen LogP contribution in [0.1, 0.15) is 5.56 Å². The van der Waals surface area contributed by atoms with Gasteiger partial charge in [-0.2, -0.15) is 0 Å². The van der Waals surface area contributed by atoms with E-state index in [-0.39, 0.29) is 5.91 Å². The van der Waals surface area contributed by atoms with Crippen LogP contribution in [0.2, 0.25) is 0 Å². The summed E-state index contributed by atoms with van der Waals surface area (Å²) in [5, 5.41) is 2.95. The zero-order valence-electron chi connectivity index (χ0n) is 17.9. The summed E-state index contributed by atoms with van der Waals surface area (Å²) in [6.07, 6.45) is 0. The molecule has 0 atom stereocenters. The quantitative estimate of drug-likeness (QED) is 0.442. The number of para-hydroxylation sites is 2. The smallest absolute Gasteiger partial charge is 0.275 e. The van der Waals surface area contributed by atoms with Crippen molar-refractivity contribution in [3.63, 3.8) is 0 Å². The first kappa shape index (κ1) is 21.3. The molecule has 0 radical (unpaired) electrons. The highest BCUT2D eigenvalue weighted by molar-refractivity contribution is 5.76. The third-order valence-electron chi connectivity index (χ3n) is 5.72. The third kappa shape index (κ3) is 5.80. The van der Waals surface area contributed by atoms with Crippen LogP contribution in [0.25, 0.3) is 0 Å². The van der Waals surface area contributed by atoms with Gasteiger partial charge in [0.05, 0.1) is 13.7 Å². The molecule has 2 aromatic carbocycles. The van der Waals surface area contributed by atoms with Crippen molar-refractivity contribution in [1.29, 1.82) is 0 Å². The Hall–Kier alpha value is -2.97. The number of nitrogens with one attached hydrogen (secondary N) is 3. The number of quaternary nitrogens is 2. The standard InChI is InChI=1S/C23H29N3O5/c1-28-19-4-2-3-5-20(19)29-13-8-24-23(27)16-26-11-9-25(10-12-26)15-18-6-7-21-22(14-18)31-17-30-21/h2-7,14H,8-13,15-17H2,1H3,(H,24,27)/p+2.